The maximum absolute atomic E-state index is 5.44. The SMILES string of the molecule is CCSc1nnc(CNc2ccc(OC)cc2)o1. The van der Waals surface area contributed by atoms with E-state index in [0.717, 1.165) is 17.2 Å². The Morgan fingerprint density at radius 1 is 1.28 bits per heavy atom. The minimum absolute atomic E-state index is 0.517. The molecule has 0 amide bonds. The molecule has 18 heavy (non-hydrogen) atoms. The van der Waals surface area contributed by atoms with Gasteiger partial charge in [0.1, 0.15) is 5.75 Å². The number of anilines is 1. The predicted molar refractivity (Wildman–Crippen MR) is 71.0 cm³/mol. The van der Waals surface area contributed by atoms with Crippen molar-refractivity contribution in [2.75, 3.05) is 18.2 Å². The van der Waals surface area contributed by atoms with Crippen LogP contribution in [0.3, 0.4) is 0 Å². The van der Waals surface area contributed by atoms with E-state index in [1.807, 2.05) is 31.2 Å². The van der Waals surface area contributed by atoms with E-state index in [4.69, 9.17) is 9.15 Å². The minimum Gasteiger partial charge on any atom is -0.497 e. The van der Waals surface area contributed by atoms with Gasteiger partial charge in [-0.2, -0.15) is 0 Å². The van der Waals surface area contributed by atoms with Gasteiger partial charge in [-0.15, -0.1) is 10.2 Å². The molecule has 0 saturated heterocycles. The van der Waals surface area contributed by atoms with Gasteiger partial charge in [0, 0.05) is 5.69 Å². The third kappa shape index (κ3) is 3.40. The van der Waals surface area contributed by atoms with Crippen molar-refractivity contribution < 1.29 is 9.15 Å². The summed E-state index contributed by atoms with van der Waals surface area (Å²) in [5.41, 5.74) is 0.985. The van der Waals surface area contributed by atoms with Crippen LogP contribution in [0.5, 0.6) is 5.75 Å². The predicted octanol–water partition coefficient (Wildman–Crippen LogP) is 2.80. The molecule has 1 aromatic carbocycles. The number of nitrogens with zero attached hydrogens (tertiary/aromatic N) is 2. The molecular weight excluding hydrogens is 250 g/mol. The molecule has 96 valence electrons. The van der Waals surface area contributed by atoms with Crippen LogP contribution in [0.4, 0.5) is 5.69 Å². The van der Waals surface area contributed by atoms with Gasteiger partial charge < -0.3 is 14.5 Å². The molecule has 1 aromatic heterocycles. The van der Waals surface area contributed by atoms with Gasteiger partial charge in [0.15, 0.2) is 0 Å². The molecule has 2 aromatic rings. The van der Waals surface area contributed by atoms with Gasteiger partial charge in [0.25, 0.3) is 5.22 Å². The number of benzene rings is 1. The molecule has 0 saturated carbocycles. The van der Waals surface area contributed by atoms with Crippen LogP contribution in [0.15, 0.2) is 33.9 Å². The monoisotopic (exact) mass is 265 g/mol. The molecule has 5 nitrogen and oxygen atoms in total. The van der Waals surface area contributed by atoms with E-state index in [2.05, 4.69) is 15.5 Å². The van der Waals surface area contributed by atoms with Crippen molar-refractivity contribution in [3.8, 4) is 5.75 Å². The summed E-state index contributed by atoms with van der Waals surface area (Å²) in [6.45, 7) is 2.56. The molecule has 2 rings (SSSR count). The Bertz CT molecular complexity index is 484. The summed E-state index contributed by atoms with van der Waals surface area (Å²) < 4.78 is 10.5. The van der Waals surface area contributed by atoms with Crippen LogP contribution in [-0.4, -0.2) is 23.1 Å². The van der Waals surface area contributed by atoms with Crippen LogP contribution in [0, 0.1) is 0 Å². The summed E-state index contributed by atoms with van der Waals surface area (Å²) in [6, 6.07) is 7.68. The lowest BCUT2D eigenvalue weighted by Gasteiger charge is -2.04. The van der Waals surface area contributed by atoms with Crippen LogP contribution in [-0.2, 0) is 6.54 Å². The van der Waals surface area contributed by atoms with Crippen molar-refractivity contribution in [3.63, 3.8) is 0 Å². The molecule has 0 fully saturated rings. The molecule has 0 unspecified atom stereocenters. The first-order valence-corrected chi connectivity index (χ1v) is 6.63. The molecule has 0 aliphatic rings. The zero-order valence-electron chi connectivity index (χ0n) is 10.3. The Labute approximate surface area is 110 Å². The first-order chi connectivity index (χ1) is 8.81. The number of methoxy groups -OCH3 is 1. The third-order valence-corrected chi connectivity index (χ3v) is 2.95. The normalized spacial score (nSPS) is 10.3. The molecule has 0 aliphatic heterocycles. The van der Waals surface area contributed by atoms with E-state index in [-0.39, 0.29) is 0 Å². The molecule has 0 radical (unpaired) electrons. The Balaban J connectivity index is 1.89. The van der Waals surface area contributed by atoms with Gasteiger partial charge >= 0.3 is 0 Å². The number of hydrogen-bond acceptors (Lipinski definition) is 6. The minimum atomic E-state index is 0.517. The van der Waals surface area contributed by atoms with E-state index in [1.54, 1.807) is 7.11 Å². The van der Waals surface area contributed by atoms with E-state index in [0.29, 0.717) is 17.7 Å². The Morgan fingerprint density at radius 3 is 2.72 bits per heavy atom. The van der Waals surface area contributed by atoms with Crippen LogP contribution < -0.4 is 10.1 Å². The summed E-state index contributed by atoms with van der Waals surface area (Å²) in [6.07, 6.45) is 0. The number of thioether (sulfide) groups is 1. The van der Waals surface area contributed by atoms with Gasteiger partial charge in [0.05, 0.1) is 13.7 Å². The summed E-state index contributed by atoms with van der Waals surface area (Å²) >= 11 is 1.54. The van der Waals surface area contributed by atoms with Crippen molar-refractivity contribution in [3.05, 3.63) is 30.2 Å². The molecule has 0 bridgehead atoms. The highest BCUT2D eigenvalue weighted by Gasteiger charge is 2.05. The average Bonchev–Trinajstić information content (AvgIpc) is 2.85. The summed E-state index contributed by atoms with van der Waals surface area (Å²) in [5, 5.41) is 11.7. The van der Waals surface area contributed by atoms with E-state index in [9.17, 15) is 0 Å². The quantitative estimate of drug-likeness (QED) is 0.810. The fraction of sp³-hybridized carbons (Fsp3) is 0.333. The van der Waals surface area contributed by atoms with E-state index >= 15 is 0 Å². The van der Waals surface area contributed by atoms with Crippen LogP contribution in [0.2, 0.25) is 0 Å². The zero-order chi connectivity index (χ0) is 12.8. The number of aromatic nitrogens is 2. The van der Waals surface area contributed by atoms with Crippen LogP contribution >= 0.6 is 11.8 Å². The van der Waals surface area contributed by atoms with Crippen molar-refractivity contribution in [1.82, 2.24) is 10.2 Å². The summed E-state index contributed by atoms with van der Waals surface area (Å²) in [4.78, 5) is 0. The summed E-state index contributed by atoms with van der Waals surface area (Å²) in [7, 11) is 1.65. The first-order valence-electron chi connectivity index (χ1n) is 5.65. The van der Waals surface area contributed by atoms with Crippen LogP contribution in [0.25, 0.3) is 0 Å². The highest BCUT2D eigenvalue weighted by Crippen LogP contribution is 2.17. The molecule has 0 spiro atoms. The average molecular weight is 265 g/mol. The maximum atomic E-state index is 5.44. The highest BCUT2D eigenvalue weighted by atomic mass is 32.2. The third-order valence-electron chi connectivity index (χ3n) is 2.25. The van der Waals surface area contributed by atoms with Crippen molar-refractivity contribution in [2.45, 2.75) is 18.7 Å². The van der Waals surface area contributed by atoms with Gasteiger partial charge in [-0.25, -0.2) is 0 Å². The van der Waals surface area contributed by atoms with Crippen molar-refractivity contribution >= 4 is 17.4 Å². The number of ether oxygens (including phenoxy) is 1. The van der Waals surface area contributed by atoms with Crippen molar-refractivity contribution in [2.24, 2.45) is 0 Å². The second kappa shape index (κ2) is 6.30. The lowest BCUT2D eigenvalue weighted by atomic mass is 10.3. The van der Waals surface area contributed by atoms with E-state index in [1.165, 1.54) is 11.8 Å². The van der Waals surface area contributed by atoms with Gasteiger partial charge in [-0.05, 0) is 30.0 Å². The van der Waals surface area contributed by atoms with E-state index < -0.39 is 0 Å². The lowest BCUT2D eigenvalue weighted by Crippen LogP contribution is -1.99. The highest BCUT2D eigenvalue weighted by molar-refractivity contribution is 7.99. The fourth-order valence-corrected chi connectivity index (χ4v) is 1.88. The standard InChI is InChI=1S/C12H15N3O2S/c1-3-18-12-15-14-11(17-12)8-13-9-4-6-10(16-2)7-5-9/h4-7,13H,3,8H2,1-2H3. The number of nitrogens with one attached hydrogen (secondary N) is 1. The van der Waals surface area contributed by atoms with Crippen LogP contribution in [0.1, 0.15) is 12.8 Å². The topological polar surface area (TPSA) is 60.2 Å². The molecule has 6 heteroatoms. The maximum Gasteiger partial charge on any atom is 0.276 e. The zero-order valence-corrected chi connectivity index (χ0v) is 11.2. The molecular formula is C12H15N3O2S. The number of hydrogen-bond donors (Lipinski definition) is 1. The lowest BCUT2D eigenvalue weighted by molar-refractivity contribution is 0.414. The first kappa shape index (κ1) is 12.8. The molecule has 0 atom stereocenters. The smallest absolute Gasteiger partial charge is 0.276 e. The Kier molecular flexibility index (Phi) is 4.46. The fourth-order valence-electron chi connectivity index (χ4n) is 1.38. The Morgan fingerprint density at radius 2 is 2.06 bits per heavy atom. The second-order valence-corrected chi connectivity index (χ2v) is 4.69. The van der Waals surface area contributed by atoms with Gasteiger partial charge in [-0.3, -0.25) is 0 Å². The Hall–Kier alpha value is -1.69. The number of rotatable bonds is 6. The molecule has 1 heterocycles. The van der Waals surface area contributed by atoms with Crippen molar-refractivity contribution in [1.29, 1.82) is 0 Å². The summed E-state index contributed by atoms with van der Waals surface area (Å²) in [5.74, 6) is 2.34. The van der Waals surface area contributed by atoms with Gasteiger partial charge in [-0.1, -0.05) is 18.7 Å². The second-order valence-electron chi connectivity index (χ2n) is 3.48. The molecule has 0 aliphatic carbocycles. The molecule has 1 N–H and O–H groups in total. The largest absolute Gasteiger partial charge is 0.497 e. The van der Waals surface area contributed by atoms with Gasteiger partial charge in [0.2, 0.25) is 5.89 Å².